The van der Waals surface area contributed by atoms with Crippen LogP contribution in [0.1, 0.15) is 6.92 Å². The summed E-state index contributed by atoms with van der Waals surface area (Å²) in [6.07, 6.45) is -0.688. The van der Waals surface area contributed by atoms with Crippen molar-refractivity contribution in [3.63, 3.8) is 0 Å². The standard InChI is InChI=1S/C19H23NO4/c1-14(19-13-23-17-9-5-6-10-18(17)24-19)20-11-15(21)12-22-16-7-3-2-4-8-16/h2-10,14-15,19-21H,11-13H2,1H3/t14-,15+,19-/m0/s1. The molecule has 0 fully saturated rings. The average molecular weight is 329 g/mol. The topological polar surface area (TPSA) is 60.0 Å². The number of hydrogen-bond acceptors (Lipinski definition) is 5. The molecule has 1 aliphatic heterocycles. The van der Waals surface area contributed by atoms with Crippen LogP contribution in [0.2, 0.25) is 0 Å². The molecule has 0 saturated carbocycles. The van der Waals surface area contributed by atoms with Crippen LogP contribution in [-0.2, 0) is 0 Å². The van der Waals surface area contributed by atoms with Gasteiger partial charge >= 0.3 is 0 Å². The minimum atomic E-state index is -0.593. The maximum Gasteiger partial charge on any atom is 0.161 e. The van der Waals surface area contributed by atoms with Gasteiger partial charge in [0.05, 0.1) is 0 Å². The highest BCUT2D eigenvalue weighted by Crippen LogP contribution is 2.31. The van der Waals surface area contributed by atoms with Crippen molar-refractivity contribution < 1.29 is 19.3 Å². The van der Waals surface area contributed by atoms with Gasteiger partial charge in [-0.2, -0.15) is 0 Å². The van der Waals surface area contributed by atoms with E-state index in [2.05, 4.69) is 5.32 Å². The van der Waals surface area contributed by atoms with Crippen LogP contribution in [0.15, 0.2) is 54.6 Å². The van der Waals surface area contributed by atoms with E-state index in [1.165, 1.54) is 0 Å². The van der Waals surface area contributed by atoms with Gasteiger partial charge in [0.1, 0.15) is 31.2 Å². The summed E-state index contributed by atoms with van der Waals surface area (Å²) in [5, 5.41) is 13.3. The molecule has 3 atom stereocenters. The van der Waals surface area contributed by atoms with E-state index >= 15 is 0 Å². The molecule has 5 nitrogen and oxygen atoms in total. The molecule has 0 aliphatic carbocycles. The lowest BCUT2D eigenvalue weighted by atomic mass is 10.1. The number of para-hydroxylation sites is 3. The second-order valence-electron chi connectivity index (χ2n) is 5.89. The molecule has 1 aliphatic rings. The molecule has 1 heterocycles. The first-order valence-corrected chi connectivity index (χ1v) is 8.20. The molecule has 2 aromatic rings. The summed E-state index contributed by atoms with van der Waals surface area (Å²) in [5.41, 5.74) is 0. The zero-order chi connectivity index (χ0) is 16.8. The molecular formula is C19H23NO4. The summed E-state index contributed by atoms with van der Waals surface area (Å²) in [5.74, 6) is 2.29. The van der Waals surface area contributed by atoms with Crippen molar-refractivity contribution in [1.82, 2.24) is 5.32 Å². The molecule has 5 heteroatoms. The first-order chi connectivity index (χ1) is 11.7. The monoisotopic (exact) mass is 329 g/mol. The first-order valence-electron chi connectivity index (χ1n) is 8.20. The van der Waals surface area contributed by atoms with E-state index in [4.69, 9.17) is 14.2 Å². The molecule has 0 saturated heterocycles. The van der Waals surface area contributed by atoms with Gasteiger partial charge in [-0.05, 0) is 31.2 Å². The minimum absolute atomic E-state index is 0.0460. The van der Waals surface area contributed by atoms with E-state index in [0.29, 0.717) is 13.2 Å². The Bertz CT molecular complexity index is 634. The van der Waals surface area contributed by atoms with Crippen LogP contribution >= 0.6 is 0 Å². The Morgan fingerprint density at radius 1 is 1.12 bits per heavy atom. The van der Waals surface area contributed by atoms with E-state index in [-0.39, 0.29) is 18.8 Å². The molecule has 0 radical (unpaired) electrons. The summed E-state index contributed by atoms with van der Waals surface area (Å²) in [6.45, 7) is 3.18. The molecule has 24 heavy (non-hydrogen) atoms. The van der Waals surface area contributed by atoms with Gasteiger partial charge in [0.25, 0.3) is 0 Å². The average Bonchev–Trinajstić information content (AvgIpc) is 2.65. The Morgan fingerprint density at radius 2 is 1.83 bits per heavy atom. The second-order valence-corrected chi connectivity index (χ2v) is 5.89. The summed E-state index contributed by atoms with van der Waals surface area (Å²) >= 11 is 0. The van der Waals surface area contributed by atoms with E-state index < -0.39 is 6.10 Å². The number of rotatable bonds is 7. The fourth-order valence-corrected chi connectivity index (χ4v) is 2.50. The van der Waals surface area contributed by atoms with Gasteiger partial charge in [-0.15, -0.1) is 0 Å². The number of nitrogens with one attached hydrogen (secondary N) is 1. The molecule has 0 bridgehead atoms. The fourth-order valence-electron chi connectivity index (χ4n) is 2.50. The van der Waals surface area contributed by atoms with Crippen LogP contribution in [0.5, 0.6) is 17.2 Å². The predicted octanol–water partition coefficient (Wildman–Crippen LogP) is 2.24. The molecule has 0 amide bonds. The smallest absolute Gasteiger partial charge is 0.161 e. The van der Waals surface area contributed by atoms with Crippen LogP contribution in [0, 0.1) is 0 Å². The lowest BCUT2D eigenvalue weighted by Gasteiger charge is -2.31. The molecule has 0 aromatic heterocycles. The SMILES string of the molecule is C[C@H](NC[C@@H](O)COc1ccccc1)[C@@H]1COc2ccccc2O1. The second kappa shape index (κ2) is 8.04. The third kappa shape index (κ3) is 4.40. The van der Waals surface area contributed by atoms with Crippen LogP contribution in [0.4, 0.5) is 0 Å². The Kier molecular flexibility index (Phi) is 5.56. The van der Waals surface area contributed by atoms with E-state index in [9.17, 15) is 5.11 Å². The van der Waals surface area contributed by atoms with Crippen molar-refractivity contribution in [2.75, 3.05) is 19.8 Å². The van der Waals surface area contributed by atoms with Crippen molar-refractivity contribution >= 4 is 0 Å². The Hall–Kier alpha value is -2.24. The van der Waals surface area contributed by atoms with Crippen LogP contribution in [-0.4, -0.2) is 43.1 Å². The first kappa shape index (κ1) is 16.6. The van der Waals surface area contributed by atoms with Crippen molar-refractivity contribution in [2.45, 2.75) is 25.2 Å². The van der Waals surface area contributed by atoms with Crippen molar-refractivity contribution in [2.24, 2.45) is 0 Å². The number of fused-ring (bicyclic) bond motifs is 1. The van der Waals surface area contributed by atoms with Crippen LogP contribution < -0.4 is 19.5 Å². The molecule has 2 aromatic carbocycles. The Morgan fingerprint density at radius 3 is 2.62 bits per heavy atom. The van der Waals surface area contributed by atoms with Crippen molar-refractivity contribution in [3.8, 4) is 17.2 Å². The third-order valence-corrected chi connectivity index (χ3v) is 3.95. The van der Waals surface area contributed by atoms with Gasteiger partial charge in [0.2, 0.25) is 0 Å². The number of hydrogen-bond donors (Lipinski definition) is 2. The fraction of sp³-hybridized carbons (Fsp3) is 0.368. The molecule has 3 rings (SSSR count). The molecule has 128 valence electrons. The molecule has 0 spiro atoms. The van der Waals surface area contributed by atoms with Gasteiger partial charge in [0, 0.05) is 12.6 Å². The summed E-state index contributed by atoms with van der Waals surface area (Å²) in [4.78, 5) is 0. The number of aliphatic hydroxyl groups is 1. The highest BCUT2D eigenvalue weighted by molar-refractivity contribution is 5.40. The lowest BCUT2D eigenvalue weighted by Crippen LogP contribution is -2.48. The molecule has 2 N–H and O–H groups in total. The van der Waals surface area contributed by atoms with Crippen LogP contribution in [0.3, 0.4) is 0 Å². The van der Waals surface area contributed by atoms with E-state index in [1.54, 1.807) is 0 Å². The number of aliphatic hydroxyl groups excluding tert-OH is 1. The minimum Gasteiger partial charge on any atom is -0.491 e. The van der Waals surface area contributed by atoms with Crippen molar-refractivity contribution in [3.05, 3.63) is 54.6 Å². The normalized spacial score (nSPS) is 18.7. The summed E-state index contributed by atoms with van der Waals surface area (Å²) in [7, 11) is 0. The highest BCUT2D eigenvalue weighted by Gasteiger charge is 2.26. The zero-order valence-corrected chi connectivity index (χ0v) is 13.7. The largest absolute Gasteiger partial charge is 0.491 e. The zero-order valence-electron chi connectivity index (χ0n) is 13.7. The van der Waals surface area contributed by atoms with Gasteiger partial charge in [-0.25, -0.2) is 0 Å². The quantitative estimate of drug-likeness (QED) is 0.816. The van der Waals surface area contributed by atoms with Crippen LogP contribution in [0.25, 0.3) is 0 Å². The Labute approximate surface area is 142 Å². The van der Waals surface area contributed by atoms with E-state index in [1.807, 2.05) is 61.5 Å². The van der Waals surface area contributed by atoms with E-state index in [0.717, 1.165) is 17.2 Å². The number of ether oxygens (including phenoxy) is 3. The third-order valence-electron chi connectivity index (χ3n) is 3.95. The van der Waals surface area contributed by atoms with Gasteiger partial charge < -0.3 is 24.6 Å². The summed E-state index contributed by atoms with van der Waals surface area (Å²) < 4.78 is 17.2. The lowest BCUT2D eigenvalue weighted by molar-refractivity contribution is 0.0557. The molecular weight excluding hydrogens is 306 g/mol. The summed E-state index contributed by atoms with van der Waals surface area (Å²) in [6, 6.07) is 17.2. The molecule has 0 unspecified atom stereocenters. The van der Waals surface area contributed by atoms with Gasteiger partial charge in [-0.1, -0.05) is 30.3 Å². The highest BCUT2D eigenvalue weighted by atomic mass is 16.6. The van der Waals surface area contributed by atoms with Gasteiger partial charge in [-0.3, -0.25) is 0 Å². The number of benzene rings is 2. The van der Waals surface area contributed by atoms with Crippen molar-refractivity contribution in [1.29, 1.82) is 0 Å². The maximum absolute atomic E-state index is 10.1. The predicted molar refractivity (Wildman–Crippen MR) is 91.8 cm³/mol. The Balaban J connectivity index is 1.41. The maximum atomic E-state index is 10.1. The van der Waals surface area contributed by atoms with Gasteiger partial charge in [0.15, 0.2) is 11.5 Å².